The molecule has 0 amide bonds. The SMILES string of the molecule is Cc1ccc(S(=O)(=O)OS(c2ccc(N(C)C)cc2)(c2cccc(OC(=O)OC(C)(C)C)c2)c2cccc(OC(=O)OC(C)(C)C)c2)cc1. The smallest absolute Gasteiger partial charge is 0.428 e. The van der Waals surface area contributed by atoms with Crippen molar-refractivity contribution in [1.82, 2.24) is 0 Å². The van der Waals surface area contributed by atoms with Crippen molar-refractivity contribution in [2.75, 3.05) is 19.0 Å². The topological polar surface area (TPSA) is 118 Å². The van der Waals surface area contributed by atoms with Gasteiger partial charge in [0.25, 0.3) is 0 Å². The Balaban J connectivity index is 2.00. The molecule has 0 N–H and O–H groups in total. The van der Waals surface area contributed by atoms with Gasteiger partial charge in [-0.2, -0.15) is 8.42 Å². The summed E-state index contributed by atoms with van der Waals surface area (Å²) < 4.78 is 56.9. The van der Waals surface area contributed by atoms with E-state index < -0.39 is 43.9 Å². The molecule has 0 saturated heterocycles. The molecule has 0 aliphatic rings. The fourth-order valence-corrected chi connectivity index (χ4v) is 9.75. The van der Waals surface area contributed by atoms with E-state index >= 15 is 0 Å². The molecule has 4 aromatic carbocycles. The molecule has 0 aromatic heterocycles. The summed E-state index contributed by atoms with van der Waals surface area (Å²) in [4.78, 5) is 28.5. The van der Waals surface area contributed by atoms with Crippen LogP contribution in [-0.4, -0.2) is 46.0 Å². The van der Waals surface area contributed by atoms with Crippen LogP contribution in [0.4, 0.5) is 15.3 Å². The van der Waals surface area contributed by atoms with Crippen LogP contribution in [0.2, 0.25) is 0 Å². The van der Waals surface area contributed by atoms with Crippen LogP contribution in [0.5, 0.6) is 11.5 Å². The summed E-state index contributed by atoms with van der Waals surface area (Å²) in [5.41, 5.74) is 0.119. The maximum atomic E-state index is 14.3. The number of anilines is 1. The van der Waals surface area contributed by atoms with Gasteiger partial charge in [-0.25, -0.2) is 13.2 Å². The van der Waals surface area contributed by atoms with Gasteiger partial charge in [0.15, 0.2) is 0 Å². The third-order valence-corrected chi connectivity index (χ3v) is 11.8. The van der Waals surface area contributed by atoms with Gasteiger partial charge in [0, 0.05) is 34.5 Å². The average Bonchev–Trinajstić information content (AvgIpc) is 2.98. The van der Waals surface area contributed by atoms with Gasteiger partial charge in [-0.1, -0.05) is 29.8 Å². The average molecular weight is 710 g/mol. The van der Waals surface area contributed by atoms with Crippen LogP contribution in [0.15, 0.2) is 117 Å². The molecule has 0 saturated carbocycles. The third-order valence-electron chi connectivity index (χ3n) is 6.64. The predicted octanol–water partition coefficient (Wildman–Crippen LogP) is 9.29. The second-order valence-corrected chi connectivity index (χ2v) is 17.8. The Hall–Kier alpha value is -4.52. The van der Waals surface area contributed by atoms with Gasteiger partial charge < -0.3 is 23.8 Å². The first-order valence-corrected chi connectivity index (χ1v) is 18.4. The minimum absolute atomic E-state index is 0.0535. The molecule has 0 unspecified atom stereocenters. The normalized spacial score (nSPS) is 12.5. The summed E-state index contributed by atoms with van der Waals surface area (Å²) in [5.74, 6) is 0.206. The Bertz CT molecular complexity index is 1820. The standard InChI is InChI=1S/C37H43NO9S2/c1-26-16-20-31(21-17-26)49(41,42)47-48(30-22-18-27(19-23-30)38(8)9,32-14-10-12-28(24-32)43-34(39)45-36(2,3)4)33-15-11-13-29(25-33)44-35(40)46-37(5,6)7/h10-25H,1-9H3. The first-order valence-electron chi connectivity index (χ1n) is 15.4. The van der Waals surface area contributed by atoms with Crippen molar-refractivity contribution in [3.05, 3.63) is 103 Å². The van der Waals surface area contributed by atoms with Crippen LogP contribution >= 0.6 is 10.3 Å². The number of carbonyl (C=O) groups is 2. The van der Waals surface area contributed by atoms with E-state index in [-0.39, 0.29) is 16.4 Å². The number of aryl methyl sites for hydroxylation is 1. The van der Waals surface area contributed by atoms with E-state index in [4.69, 9.17) is 22.6 Å². The molecule has 49 heavy (non-hydrogen) atoms. The lowest BCUT2D eigenvalue weighted by atomic mass is 10.2. The monoisotopic (exact) mass is 709 g/mol. The molecule has 0 atom stereocenters. The summed E-state index contributed by atoms with van der Waals surface area (Å²) in [7, 11) is -3.93. The van der Waals surface area contributed by atoms with Gasteiger partial charge in [-0.3, -0.25) is 0 Å². The molecule has 0 aliphatic carbocycles. The molecule has 0 spiro atoms. The predicted molar refractivity (Wildman–Crippen MR) is 189 cm³/mol. The van der Waals surface area contributed by atoms with E-state index in [0.717, 1.165) is 11.3 Å². The molecule has 4 rings (SSSR count). The van der Waals surface area contributed by atoms with Crippen molar-refractivity contribution in [1.29, 1.82) is 0 Å². The second kappa shape index (κ2) is 14.5. The molecule has 0 radical (unpaired) electrons. The summed E-state index contributed by atoms with van der Waals surface area (Å²) in [6.45, 7) is 12.1. The zero-order chi connectivity index (χ0) is 36.2. The first kappa shape index (κ1) is 37.3. The van der Waals surface area contributed by atoms with Gasteiger partial charge in [-0.15, -0.1) is 0 Å². The Kier molecular flexibility index (Phi) is 11.1. The van der Waals surface area contributed by atoms with Crippen LogP contribution in [0.1, 0.15) is 47.1 Å². The summed E-state index contributed by atoms with van der Waals surface area (Å²) in [6.07, 6.45) is -1.86. The number of carbonyl (C=O) groups excluding carboxylic acids is 2. The molecule has 0 heterocycles. The van der Waals surface area contributed by atoms with Crippen molar-refractivity contribution in [3.8, 4) is 11.5 Å². The summed E-state index contributed by atoms with van der Waals surface area (Å²) in [6, 6.07) is 26.5. The number of ether oxygens (including phenoxy) is 4. The Labute approximate surface area is 290 Å². The van der Waals surface area contributed by atoms with Crippen LogP contribution in [0, 0.1) is 6.92 Å². The number of hydrogen-bond acceptors (Lipinski definition) is 10. The minimum Gasteiger partial charge on any atom is -0.428 e. The number of hydrogen-bond donors (Lipinski definition) is 0. The van der Waals surface area contributed by atoms with Crippen molar-refractivity contribution in [3.63, 3.8) is 0 Å². The highest BCUT2D eigenvalue weighted by molar-refractivity contribution is 8.33. The maximum absolute atomic E-state index is 14.3. The van der Waals surface area contributed by atoms with Crippen molar-refractivity contribution >= 4 is 38.4 Å². The van der Waals surface area contributed by atoms with E-state index in [1.807, 2.05) is 38.1 Å². The molecule has 0 fully saturated rings. The van der Waals surface area contributed by atoms with Crippen molar-refractivity contribution in [2.24, 2.45) is 0 Å². The summed E-state index contributed by atoms with van der Waals surface area (Å²) >= 11 is 0. The van der Waals surface area contributed by atoms with Crippen molar-refractivity contribution < 1.29 is 40.6 Å². The van der Waals surface area contributed by atoms with Gasteiger partial charge in [0.05, 0.1) is 4.90 Å². The van der Waals surface area contributed by atoms with E-state index in [1.54, 1.807) is 114 Å². The lowest BCUT2D eigenvalue weighted by Crippen LogP contribution is -2.26. The van der Waals surface area contributed by atoms with Crippen molar-refractivity contribution in [2.45, 2.75) is 79.3 Å². The van der Waals surface area contributed by atoms with Crippen LogP contribution in [0.25, 0.3) is 0 Å². The molecule has 10 nitrogen and oxygen atoms in total. The highest BCUT2D eigenvalue weighted by atomic mass is 32.3. The molecule has 4 aromatic rings. The molecule has 0 bridgehead atoms. The van der Waals surface area contributed by atoms with Gasteiger partial charge in [-0.05, 0) is 132 Å². The van der Waals surface area contributed by atoms with E-state index in [1.165, 1.54) is 12.1 Å². The zero-order valence-electron chi connectivity index (χ0n) is 29.2. The summed E-state index contributed by atoms with van der Waals surface area (Å²) in [5, 5.41) is 0. The largest absolute Gasteiger partial charge is 0.514 e. The van der Waals surface area contributed by atoms with Gasteiger partial charge in [0.2, 0.25) is 0 Å². The van der Waals surface area contributed by atoms with E-state index in [0.29, 0.717) is 14.7 Å². The van der Waals surface area contributed by atoms with Crippen LogP contribution in [-0.2, 0) is 23.2 Å². The lowest BCUT2D eigenvalue weighted by Gasteiger charge is -2.39. The Morgan fingerprint density at radius 2 is 1.02 bits per heavy atom. The van der Waals surface area contributed by atoms with Gasteiger partial charge in [0.1, 0.15) is 22.7 Å². The van der Waals surface area contributed by atoms with E-state index in [2.05, 4.69) is 0 Å². The van der Waals surface area contributed by atoms with Crippen LogP contribution in [0.3, 0.4) is 0 Å². The molecule has 262 valence electrons. The molecule has 12 heteroatoms. The second-order valence-electron chi connectivity index (χ2n) is 13.4. The van der Waals surface area contributed by atoms with Crippen LogP contribution < -0.4 is 14.4 Å². The highest BCUT2D eigenvalue weighted by Crippen LogP contribution is 2.71. The number of nitrogens with zero attached hydrogens (tertiary/aromatic N) is 1. The molecular formula is C37H43NO9S2. The maximum Gasteiger partial charge on any atom is 0.514 e. The zero-order valence-corrected chi connectivity index (χ0v) is 30.8. The lowest BCUT2D eigenvalue weighted by molar-refractivity contribution is 0.0192. The van der Waals surface area contributed by atoms with Gasteiger partial charge >= 0.3 is 22.4 Å². The molecular weight excluding hydrogens is 667 g/mol. The van der Waals surface area contributed by atoms with E-state index in [9.17, 15) is 18.0 Å². The molecule has 0 aliphatic heterocycles. The highest BCUT2D eigenvalue weighted by Gasteiger charge is 2.39. The third kappa shape index (κ3) is 9.78. The first-order chi connectivity index (χ1) is 22.8. The Morgan fingerprint density at radius 1 is 0.592 bits per heavy atom. The quantitative estimate of drug-likeness (QED) is 0.123. The fourth-order valence-electron chi connectivity index (χ4n) is 4.51. The number of benzene rings is 4. The fraction of sp³-hybridized carbons (Fsp3) is 0.297. The minimum atomic E-state index is -4.46. The Morgan fingerprint density at radius 3 is 1.43 bits per heavy atom. The number of rotatable bonds is 9.